The molecular weight excluding hydrogens is 402 g/mol. The van der Waals surface area contributed by atoms with Crippen LogP contribution in [0.25, 0.3) is 11.1 Å². The average molecular weight is 416 g/mol. The summed E-state index contributed by atoms with van der Waals surface area (Å²) in [6, 6.07) is 8.60. The van der Waals surface area contributed by atoms with E-state index < -0.39 is 46.1 Å². The number of aromatic amines is 1. The van der Waals surface area contributed by atoms with Gasteiger partial charge in [-0.1, -0.05) is 18.2 Å². The highest BCUT2D eigenvalue weighted by Gasteiger charge is 2.26. The van der Waals surface area contributed by atoms with Crippen molar-refractivity contribution in [1.29, 1.82) is 0 Å². The highest BCUT2D eigenvalue weighted by molar-refractivity contribution is 6.07. The van der Waals surface area contributed by atoms with E-state index >= 15 is 0 Å². The molecule has 0 saturated heterocycles. The van der Waals surface area contributed by atoms with Crippen molar-refractivity contribution >= 4 is 17.8 Å². The second-order valence-corrected chi connectivity index (χ2v) is 6.17. The Kier molecular flexibility index (Phi) is 5.50. The quantitative estimate of drug-likeness (QED) is 0.484. The number of ether oxygens (including phenoxy) is 1. The molecule has 0 saturated carbocycles. The first-order valence-electron chi connectivity index (χ1n) is 8.38. The lowest BCUT2D eigenvalue weighted by Crippen LogP contribution is -2.24. The van der Waals surface area contributed by atoms with Crippen LogP contribution in [0, 0.1) is 11.6 Å². The minimum absolute atomic E-state index is 0.0864. The number of nitrogen functional groups attached to an aromatic ring is 1. The van der Waals surface area contributed by atoms with Crippen LogP contribution >= 0.6 is 0 Å². The van der Waals surface area contributed by atoms with Gasteiger partial charge in [0.25, 0.3) is 5.56 Å². The van der Waals surface area contributed by atoms with Crippen molar-refractivity contribution < 1.29 is 33.3 Å². The highest BCUT2D eigenvalue weighted by Crippen LogP contribution is 2.30. The van der Waals surface area contributed by atoms with Gasteiger partial charge in [-0.3, -0.25) is 4.79 Å². The zero-order valence-electron chi connectivity index (χ0n) is 15.1. The monoisotopic (exact) mass is 416 g/mol. The smallest absolute Gasteiger partial charge is 0.342 e. The molecule has 0 bridgehead atoms. The van der Waals surface area contributed by atoms with E-state index in [1.807, 2.05) is 4.98 Å². The summed E-state index contributed by atoms with van der Waals surface area (Å²) in [7, 11) is 0. The predicted octanol–water partition coefficient (Wildman–Crippen LogP) is 2.88. The zero-order chi connectivity index (χ0) is 22.0. The van der Waals surface area contributed by atoms with Gasteiger partial charge in [-0.2, -0.15) is 0 Å². The first-order valence-corrected chi connectivity index (χ1v) is 8.38. The number of hydrogen-bond acceptors (Lipinski definition) is 5. The van der Waals surface area contributed by atoms with Crippen LogP contribution in [0.3, 0.4) is 0 Å². The van der Waals surface area contributed by atoms with Crippen molar-refractivity contribution in [1.82, 2.24) is 4.98 Å². The number of aromatic nitrogens is 1. The molecule has 8 nitrogen and oxygen atoms in total. The molecule has 3 aromatic rings. The lowest BCUT2D eigenvalue weighted by Gasteiger charge is -2.13. The molecule has 1 heterocycles. The normalized spacial score (nSPS) is 10.6. The van der Waals surface area contributed by atoms with E-state index in [9.17, 15) is 33.4 Å². The van der Waals surface area contributed by atoms with E-state index in [2.05, 4.69) is 0 Å². The van der Waals surface area contributed by atoms with Gasteiger partial charge in [-0.25, -0.2) is 18.4 Å². The summed E-state index contributed by atoms with van der Waals surface area (Å²) in [4.78, 5) is 37.4. The van der Waals surface area contributed by atoms with Crippen LogP contribution in [0.5, 0.6) is 5.75 Å². The standard InChI is InChI=1S/C20H14F2N2O6/c21-11-4-5-13(12(22)7-11)30-8-9-2-1-3-10(6-9)14-15(19(26)27)17(23)24-18(25)16(14)20(28)29/h1-7H,8H2,(H,26,27)(H,28,29)(H3,23,24,25). The molecule has 0 radical (unpaired) electrons. The van der Waals surface area contributed by atoms with E-state index in [1.165, 1.54) is 18.2 Å². The first kappa shape index (κ1) is 20.5. The second kappa shape index (κ2) is 8.03. The van der Waals surface area contributed by atoms with Crippen LogP contribution in [0.4, 0.5) is 14.6 Å². The molecule has 30 heavy (non-hydrogen) atoms. The lowest BCUT2D eigenvalue weighted by atomic mass is 9.94. The van der Waals surface area contributed by atoms with Gasteiger partial charge in [0, 0.05) is 11.6 Å². The van der Waals surface area contributed by atoms with Crippen LogP contribution in [-0.4, -0.2) is 27.1 Å². The second-order valence-electron chi connectivity index (χ2n) is 6.17. The van der Waals surface area contributed by atoms with Gasteiger partial charge in [-0.05, 0) is 29.3 Å². The summed E-state index contributed by atoms with van der Waals surface area (Å²) in [6.45, 7) is -0.195. The Morgan fingerprint density at radius 2 is 1.73 bits per heavy atom. The molecular formula is C20H14F2N2O6. The Morgan fingerprint density at radius 3 is 2.37 bits per heavy atom. The topological polar surface area (TPSA) is 143 Å². The number of anilines is 1. The molecule has 0 atom stereocenters. The lowest BCUT2D eigenvalue weighted by molar-refractivity contribution is 0.0695. The van der Waals surface area contributed by atoms with Gasteiger partial charge in [0.1, 0.15) is 29.4 Å². The fourth-order valence-electron chi connectivity index (χ4n) is 2.91. The summed E-state index contributed by atoms with van der Waals surface area (Å²) in [5.41, 5.74) is 3.30. The highest BCUT2D eigenvalue weighted by atomic mass is 19.1. The van der Waals surface area contributed by atoms with Crippen molar-refractivity contribution in [3.63, 3.8) is 0 Å². The predicted molar refractivity (Wildman–Crippen MR) is 102 cm³/mol. The third kappa shape index (κ3) is 3.97. The Bertz CT molecular complexity index is 1220. The number of carboxylic acids is 2. The molecule has 0 fully saturated rings. The number of carboxylic acid groups (broad SMARTS) is 2. The maximum absolute atomic E-state index is 13.7. The minimum Gasteiger partial charge on any atom is -0.486 e. The summed E-state index contributed by atoms with van der Waals surface area (Å²) in [5.74, 6) is -5.55. The molecule has 0 aliphatic heterocycles. The molecule has 1 aromatic heterocycles. The number of benzene rings is 2. The van der Waals surface area contributed by atoms with Gasteiger partial charge in [0.05, 0.1) is 0 Å². The zero-order valence-corrected chi connectivity index (χ0v) is 15.1. The molecule has 3 rings (SSSR count). The number of nitrogens with one attached hydrogen (secondary N) is 1. The maximum Gasteiger partial charge on any atom is 0.342 e. The number of H-pyrrole nitrogens is 1. The molecule has 0 spiro atoms. The van der Waals surface area contributed by atoms with Gasteiger partial charge < -0.3 is 25.7 Å². The van der Waals surface area contributed by atoms with Crippen molar-refractivity contribution in [3.8, 4) is 16.9 Å². The molecule has 0 aliphatic carbocycles. The van der Waals surface area contributed by atoms with Crippen molar-refractivity contribution in [2.75, 3.05) is 5.73 Å². The van der Waals surface area contributed by atoms with Crippen molar-refractivity contribution in [3.05, 3.63) is 81.1 Å². The number of halogens is 2. The van der Waals surface area contributed by atoms with Crippen molar-refractivity contribution in [2.24, 2.45) is 0 Å². The van der Waals surface area contributed by atoms with E-state index in [4.69, 9.17) is 10.5 Å². The average Bonchev–Trinajstić information content (AvgIpc) is 2.66. The molecule has 0 amide bonds. The van der Waals surface area contributed by atoms with Gasteiger partial charge >= 0.3 is 11.9 Å². The van der Waals surface area contributed by atoms with Crippen molar-refractivity contribution in [2.45, 2.75) is 6.61 Å². The number of nitrogens with two attached hydrogens (primary N) is 1. The molecule has 0 aliphatic rings. The first-order chi connectivity index (χ1) is 14.2. The van der Waals surface area contributed by atoms with Gasteiger partial charge in [-0.15, -0.1) is 0 Å². The number of rotatable bonds is 6. The van der Waals surface area contributed by atoms with E-state index in [-0.39, 0.29) is 23.5 Å². The summed E-state index contributed by atoms with van der Waals surface area (Å²) >= 11 is 0. The van der Waals surface area contributed by atoms with Gasteiger partial charge in [0.2, 0.25) is 0 Å². The minimum atomic E-state index is -1.64. The SMILES string of the molecule is Nc1[nH]c(=O)c(C(=O)O)c(-c2cccc(COc3ccc(F)cc3F)c2)c1C(=O)O. The van der Waals surface area contributed by atoms with Crippen LogP contribution in [0.2, 0.25) is 0 Å². The van der Waals surface area contributed by atoms with E-state index in [0.29, 0.717) is 11.6 Å². The summed E-state index contributed by atoms with van der Waals surface area (Å²) < 4.78 is 32.0. The fraction of sp³-hybridized carbons (Fsp3) is 0.0500. The Labute approximate surface area is 167 Å². The molecule has 0 unspecified atom stereocenters. The summed E-state index contributed by atoms with van der Waals surface area (Å²) in [5, 5.41) is 18.9. The number of hydrogen-bond donors (Lipinski definition) is 4. The van der Waals surface area contributed by atoms with Gasteiger partial charge in [0.15, 0.2) is 11.6 Å². The molecule has 5 N–H and O–H groups in total. The Morgan fingerprint density at radius 1 is 1.03 bits per heavy atom. The number of carbonyl (C=O) groups is 2. The maximum atomic E-state index is 13.7. The van der Waals surface area contributed by atoms with Crippen LogP contribution in [-0.2, 0) is 6.61 Å². The third-order valence-corrected chi connectivity index (χ3v) is 4.18. The van der Waals surface area contributed by atoms with Crippen LogP contribution in [0.15, 0.2) is 47.3 Å². The van der Waals surface area contributed by atoms with Crippen LogP contribution in [0.1, 0.15) is 26.3 Å². The largest absolute Gasteiger partial charge is 0.486 e. The summed E-state index contributed by atoms with van der Waals surface area (Å²) in [6.07, 6.45) is 0. The third-order valence-electron chi connectivity index (χ3n) is 4.18. The number of aromatic carboxylic acids is 2. The van der Waals surface area contributed by atoms with Crippen LogP contribution < -0.4 is 16.0 Å². The Hall–Kier alpha value is -4.21. The number of pyridine rings is 1. The molecule has 10 heteroatoms. The Balaban J connectivity index is 2.06. The van der Waals surface area contributed by atoms with E-state index in [1.54, 1.807) is 6.07 Å². The fourth-order valence-corrected chi connectivity index (χ4v) is 2.91. The molecule has 2 aromatic carbocycles. The van der Waals surface area contributed by atoms with E-state index in [0.717, 1.165) is 12.1 Å². The molecule has 154 valence electrons.